The SMILES string of the molecule is CCC(=O)N(CC(=O)N1CCc2sccc2[C@@H]1c1ccc(C)cc1)[C@H](C)CC. The van der Waals surface area contributed by atoms with Gasteiger partial charge in [-0.25, -0.2) is 0 Å². The highest BCUT2D eigenvalue weighted by Crippen LogP contribution is 2.38. The number of fused-ring (bicyclic) bond motifs is 1. The first-order valence-electron chi connectivity index (χ1n) is 10.2. The molecule has 1 aliphatic heterocycles. The first kappa shape index (κ1) is 20.6. The van der Waals surface area contributed by atoms with E-state index in [2.05, 4.69) is 49.6 Å². The van der Waals surface area contributed by atoms with Crippen molar-refractivity contribution in [3.8, 4) is 0 Å². The van der Waals surface area contributed by atoms with Crippen molar-refractivity contribution in [2.45, 2.75) is 59.0 Å². The number of thiophene rings is 1. The smallest absolute Gasteiger partial charge is 0.243 e. The lowest BCUT2D eigenvalue weighted by molar-refractivity contribution is -0.143. The molecule has 0 spiro atoms. The minimum absolute atomic E-state index is 0.0320. The Labute approximate surface area is 172 Å². The van der Waals surface area contributed by atoms with Crippen LogP contribution >= 0.6 is 11.3 Å². The Balaban J connectivity index is 1.91. The number of rotatable bonds is 6. The summed E-state index contributed by atoms with van der Waals surface area (Å²) in [4.78, 5) is 30.9. The molecule has 1 aliphatic rings. The Morgan fingerprint density at radius 3 is 2.57 bits per heavy atom. The minimum atomic E-state index is -0.0707. The largest absolute Gasteiger partial charge is 0.331 e. The van der Waals surface area contributed by atoms with Gasteiger partial charge in [0.25, 0.3) is 0 Å². The van der Waals surface area contributed by atoms with Crippen LogP contribution in [-0.4, -0.2) is 40.7 Å². The number of benzene rings is 1. The van der Waals surface area contributed by atoms with Crippen LogP contribution in [0.25, 0.3) is 0 Å². The lowest BCUT2D eigenvalue weighted by atomic mass is 9.92. The second kappa shape index (κ2) is 8.91. The predicted octanol–water partition coefficient (Wildman–Crippen LogP) is 4.57. The lowest BCUT2D eigenvalue weighted by Crippen LogP contribution is -2.49. The summed E-state index contributed by atoms with van der Waals surface area (Å²) >= 11 is 1.77. The van der Waals surface area contributed by atoms with Crippen LogP contribution in [0.5, 0.6) is 0 Å². The molecule has 0 unspecified atom stereocenters. The van der Waals surface area contributed by atoms with E-state index in [1.165, 1.54) is 16.0 Å². The van der Waals surface area contributed by atoms with Gasteiger partial charge in [-0.2, -0.15) is 0 Å². The summed E-state index contributed by atoms with van der Waals surface area (Å²) in [6.45, 7) is 8.85. The van der Waals surface area contributed by atoms with Gasteiger partial charge in [0, 0.05) is 23.9 Å². The van der Waals surface area contributed by atoms with E-state index in [1.54, 1.807) is 16.2 Å². The summed E-state index contributed by atoms with van der Waals surface area (Å²) in [7, 11) is 0. The standard InChI is InChI=1S/C23H30N2O2S/c1-5-17(4)25(21(26)6-2)15-22(27)24-13-11-20-19(12-14-28-20)23(24)18-9-7-16(3)8-10-18/h7-10,12,14,17,23H,5-6,11,13,15H2,1-4H3/t17-,23+/m1/s1. The zero-order valence-corrected chi connectivity index (χ0v) is 18.1. The quantitative estimate of drug-likeness (QED) is 0.715. The van der Waals surface area contributed by atoms with Gasteiger partial charge in [0.15, 0.2) is 0 Å². The van der Waals surface area contributed by atoms with E-state index in [1.807, 2.05) is 18.7 Å². The molecule has 2 atom stereocenters. The van der Waals surface area contributed by atoms with Crippen molar-refractivity contribution in [2.24, 2.45) is 0 Å². The predicted molar refractivity (Wildman–Crippen MR) is 115 cm³/mol. The van der Waals surface area contributed by atoms with E-state index in [0.717, 1.165) is 18.4 Å². The molecule has 2 aromatic rings. The molecule has 150 valence electrons. The highest BCUT2D eigenvalue weighted by molar-refractivity contribution is 7.10. The van der Waals surface area contributed by atoms with Crippen molar-refractivity contribution >= 4 is 23.2 Å². The van der Waals surface area contributed by atoms with E-state index in [0.29, 0.717) is 13.0 Å². The van der Waals surface area contributed by atoms with Gasteiger partial charge in [-0.1, -0.05) is 43.7 Å². The van der Waals surface area contributed by atoms with E-state index in [4.69, 9.17) is 0 Å². The van der Waals surface area contributed by atoms with Crippen molar-refractivity contribution in [3.63, 3.8) is 0 Å². The van der Waals surface area contributed by atoms with Crippen LogP contribution in [0, 0.1) is 6.92 Å². The van der Waals surface area contributed by atoms with Crippen LogP contribution < -0.4 is 0 Å². The third-order valence-corrected chi connectivity index (χ3v) is 6.73. The number of hydrogen-bond donors (Lipinski definition) is 0. The Morgan fingerprint density at radius 2 is 1.93 bits per heavy atom. The fraction of sp³-hybridized carbons (Fsp3) is 0.478. The first-order valence-corrected chi connectivity index (χ1v) is 11.1. The molecular weight excluding hydrogens is 368 g/mol. The summed E-state index contributed by atoms with van der Waals surface area (Å²) < 4.78 is 0. The van der Waals surface area contributed by atoms with Gasteiger partial charge in [0.1, 0.15) is 6.54 Å². The van der Waals surface area contributed by atoms with Gasteiger partial charge < -0.3 is 9.80 Å². The monoisotopic (exact) mass is 398 g/mol. The van der Waals surface area contributed by atoms with E-state index in [-0.39, 0.29) is 30.4 Å². The highest BCUT2D eigenvalue weighted by atomic mass is 32.1. The summed E-state index contributed by atoms with van der Waals surface area (Å²) in [5.41, 5.74) is 3.57. The van der Waals surface area contributed by atoms with Crippen LogP contribution in [0.1, 0.15) is 61.2 Å². The molecule has 0 saturated carbocycles. The van der Waals surface area contributed by atoms with Gasteiger partial charge in [0.05, 0.1) is 6.04 Å². The summed E-state index contributed by atoms with van der Waals surface area (Å²) in [5, 5.41) is 2.12. The average Bonchev–Trinajstić information content (AvgIpc) is 3.19. The van der Waals surface area contributed by atoms with Crippen LogP contribution in [0.3, 0.4) is 0 Å². The fourth-order valence-electron chi connectivity index (χ4n) is 3.84. The summed E-state index contributed by atoms with van der Waals surface area (Å²) in [6, 6.07) is 10.6. The molecule has 0 N–H and O–H groups in total. The van der Waals surface area contributed by atoms with Crippen LogP contribution in [0.2, 0.25) is 0 Å². The number of amides is 2. The molecule has 0 radical (unpaired) electrons. The minimum Gasteiger partial charge on any atom is -0.331 e. The number of hydrogen-bond acceptors (Lipinski definition) is 3. The molecule has 3 rings (SSSR count). The maximum atomic E-state index is 13.4. The van der Waals surface area contributed by atoms with Crippen LogP contribution in [0.4, 0.5) is 0 Å². The van der Waals surface area contributed by atoms with Crippen LogP contribution in [0.15, 0.2) is 35.7 Å². The Bertz CT molecular complexity index is 827. The lowest BCUT2D eigenvalue weighted by Gasteiger charge is -2.38. The first-order chi connectivity index (χ1) is 13.5. The molecule has 0 saturated heterocycles. The number of aryl methyl sites for hydroxylation is 1. The molecule has 0 bridgehead atoms. The van der Waals surface area contributed by atoms with E-state index >= 15 is 0 Å². The summed E-state index contributed by atoms with van der Waals surface area (Å²) in [5.74, 6) is 0.0762. The molecule has 4 nitrogen and oxygen atoms in total. The fourth-order valence-corrected chi connectivity index (χ4v) is 4.75. The Morgan fingerprint density at radius 1 is 1.21 bits per heavy atom. The molecule has 2 amide bonds. The van der Waals surface area contributed by atoms with Crippen LogP contribution in [-0.2, 0) is 16.0 Å². The second-order valence-corrected chi connectivity index (χ2v) is 8.58. The molecular formula is C23H30N2O2S. The molecule has 5 heteroatoms. The normalized spacial score (nSPS) is 17.1. The Hall–Kier alpha value is -2.14. The summed E-state index contributed by atoms with van der Waals surface area (Å²) in [6.07, 6.45) is 2.15. The average molecular weight is 399 g/mol. The topological polar surface area (TPSA) is 40.6 Å². The van der Waals surface area contributed by atoms with Crippen molar-refractivity contribution < 1.29 is 9.59 Å². The van der Waals surface area contributed by atoms with Gasteiger partial charge >= 0.3 is 0 Å². The maximum absolute atomic E-state index is 13.4. The van der Waals surface area contributed by atoms with Crippen molar-refractivity contribution in [1.82, 2.24) is 9.80 Å². The van der Waals surface area contributed by atoms with Gasteiger partial charge in [-0.05, 0) is 49.3 Å². The third-order valence-electron chi connectivity index (χ3n) is 5.73. The molecule has 2 heterocycles. The molecule has 1 aromatic heterocycles. The molecule has 0 aliphatic carbocycles. The third kappa shape index (κ3) is 4.14. The zero-order chi connectivity index (χ0) is 20.3. The van der Waals surface area contributed by atoms with E-state index in [9.17, 15) is 9.59 Å². The van der Waals surface area contributed by atoms with Crippen molar-refractivity contribution in [1.29, 1.82) is 0 Å². The van der Waals surface area contributed by atoms with E-state index < -0.39 is 0 Å². The highest BCUT2D eigenvalue weighted by Gasteiger charge is 2.34. The van der Waals surface area contributed by atoms with Gasteiger partial charge in [-0.3, -0.25) is 9.59 Å². The maximum Gasteiger partial charge on any atom is 0.243 e. The van der Waals surface area contributed by atoms with Crippen molar-refractivity contribution in [3.05, 3.63) is 57.3 Å². The number of carbonyl (C=O) groups excluding carboxylic acids is 2. The molecule has 1 aromatic carbocycles. The molecule has 0 fully saturated rings. The Kier molecular flexibility index (Phi) is 6.55. The number of carbonyl (C=O) groups is 2. The second-order valence-electron chi connectivity index (χ2n) is 7.58. The van der Waals surface area contributed by atoms with Gasteiger partial charge in [-0.15, -0.1) is 11.3 Å². The van der Waals surface area contributed by atoms with Crippen molar-refractivity contribution in [2.75, 3.05) is 13.1 Å². The molecule has 28 heavy (non-hydrogen) atoms. The zero-order valence-electron chi connectivity index (χ0n) is 17.3. The number of nitrogens with zero attached hydrogens (tertiary/aromatic N) is 2. The van der Waals surface area contributed by atoms with Gasteiger partial charge in [0.2, 0.25) is 11.8 Å².